The van der Waals surface area contributed by atoms with Crippen molar-refractivity contribution in [2.45, 2.75) is 32.6 Å². The first-order valence-electron chi connectivity index (χ1n) is 3.85. The van der Waals surface area contributed by atoms with Crippen molar-refractivity contribution < 1.29 is 4.79 Å². The highest BCUT2D eigenvalue weighted by Crippen LogP contribution is 2.07. The second-order valence-corrected chi connectivity index (χ2v) is 2.46. The van der Waals surface area contributed by atoms with Gasteiger partial charge in [-0.2, -0.15) is 0 Å². The van der Waals surface area contributed by atoms with Gasteiger partial charge in [-0.25, -0.2) is 0 Å². The first-order valence-corrected chi connectivity index (χ1v) is 3.85. The molecule has 0 spiro atoms. The summed E-state index contributed by atoms with van der Waals surface area (Å²) in [4.78, 5) is 10.1. The second-order valence-electron chi connectivity index (χ2n) is 2.46. The maximum Gasteiger partial charge on any atom is 0.205 e. The summed E-state index contributed by atoms with van der Waals surface area (Å²) < 4.78 is 0. The molecule has 0 amide bonds. The minimum Gasteiger partial charge on any atom is -0.290 e. The Hall–Kier alpha value is -0.590. The lowest BCUT2D eigenvalue weighted by Gasteiger charge is -2.00. The molecule has 0 bridgehead atoms. The molecule has 0 rings (SSSR count). The molecule has 1 radical (unpaired) electrons. The van der Waals surface area contributed by atoms with Gasteiger partial charge in [0.2, 0.25) is 6.29 Å². The highest BCUT2D eigenvalue weighted by molar-refractivity contribution is 5.56. The number of carbonyl (C=O) groups excluding carboxylic acids is 1. The second kappa shape index (κ2) is 6.53. The lowest BCUT2D eigenvalue weighted by Crippen LogP contribution is -1.96. The Morgan fingerprint density at radius 2 is 2.50 bits per heavy atom. The molecule has 1 heteroatoms. The fraction of sp³-hybridized carbons (Fsp3) is 0.667. The number of hydrogen-bond donors (Lipinski definition) is 0. The molecule has 1 atom stereocenters. The lowest BCUT2D eigenvalue weighted by molar-refractivity contribution is 0.522. The summed E-state index contributed by atoms with van der Waals surface area (Å²) in [5.41, 5.74) is 0. The molecule has 0 aromatic carbocycles. The van der Waals surface area contributed by atoms with E-state index in [1.807, 2.05) is 6.29 Å². The molecule has 0 N–H and O–H groups in total. The molecule has 0 aliphatic carbocycles. The first-order chi connectivity index (χ1) is 4.85. The van der Waals surface area contributed by atoms with Gasteiger partial charge in [0.05, 0.1) is 0 Å². The predicted molar refractivity (Wildman–Crippen MR) is 43.5 cm³/mol. The Balaban J connectivity index is 3.25. The molecule has 0 heterocycles. The average Bonchev–Trinajstić information content (AvgIpc) is 1.99. The molecule has 0 saturated heterocycles. The Bertz CT molecular complexity index is 88.9. The summed E-state index contributed by atoms with van der Waals surface area (Å²) >= 11 is 0. The van der Waals surface area contributed by atoms with E-state index in [0.717, 1.165) is 12.8 Å². The summed E-state index contributed by atoms with van der Waals surface area (Å²) in [7, 11) is 0. The molecule has 0 aromatic heterocycles. The van der Waals surface area contributed by atoms with Crippen LogP contribution in [0, 0.1) is 5.92 Å². The van der Waals surface area contributed by atoms with E-state index in [9.17, 15) is 4.79 Å². The Kier molecular flexibility index (Phi) is 6.14. The van der Waals surface area contributed by atoms with Gasteiger partial charge < -0.3 is 0 Å². The van der Waals surface area contributed by atoms with Crippen LogP contribution in [-0.4, -0.2) is 6.29 Å². The van der Waals surface area contributed by atoms with Crippen molar-refractivity contribution in [3.8, 4) is 0 Å². The van der Waals surface area contributed by atoms with E-state index in [-0.39, 0.29) is 5.92 Å². The molecule has 0 aromatic rings. The summed E-state index contributed by atoms with van der Waals surface area (Å²) in [6.45, 7) is 5.69. The van der Waals surface area contributed by atoms with Crippen LogP contribution in [0.4, 0.5) is 0 Å². The van der Waals surface area contributed by atoms with Gasteiger partial charge in [-0.3, -0.25) is 4.79 Å². The minimum atomic E-state index is -0.0356. The van der Waals surface area contributed by atoms with Gasteiger partial charge in [0.1, 0.15) is 0 Å². The molecule has 1 nitrogen and oxygen atoms in total. The van der Waals surface area contributed by atoms with E-state index in [4.69, 9.17) is 0 Å². The fourth-order valence-corrected chi connectivity index (χ4v) is 0.839. The quantitative estimate of drug-likeness (QED) is 0.410. The monoisotopic (exact) mass is 141 g/mol. The van der Waals surface area contributed by atoms with E-state index < -0.39 is 0 Å². The Morgan fingerprint density at radius 3 is 2.90 bits per heavy atom. The van der Waals surface area contributed by atoms with Crippen molar-refractivity contribution in [3.05, 3.63) is 12.7 Å². The molecule has 0 aliphatic rings. The zero-order valence-electron chi connectivity index (χ0n) is 6.60. The largest absolute Gasteiger partial charge is 0.290 e. The van der Waals surface area contributed by atoms with Crippen LogP contribution in [0.5, 0.6) is 0 Å². The third-order valence-electron chi connectivity index (χ3n) is 1.55. The van der Waals surface area contributed by atoms with Crippen LogP contribution in [0.15, 0.2) is 12.7 Å². The zero-order chi connectivity index (χ0) is 7.82. The SMILES string of the molecule is C=CC([C]=O)[14CH2]CCCC. The maximum absolute atomic E-state index is 10.1. The van der Waals surface area contributed by atoms with Crippen LogP contribution < -0.4 is 0 Å². The summed E-state index contributed by atoms with van der Waals surface area (Å²) in [5.74, 6) is -0.0356. The summed E-state index contributed by atoms with van der Waals surface area (Å²) in [5, 5.41) is 0. The lowest BCUT2D eigenvalue weighted by atomic mass is 10.3. The van der Waals surface area contributed by atoms with Gasteiger partial charge in [0.25, 0.3) is 0 Å². The number of hydrogen-bond acceptors (Lipinski definition) is 1. The van der Waals surface area contributed by atoms with Crippen LogP contribution in [0.3, 0.4) is 0 Å². The van der Waals surface area contributed by atoms with Crippen molar-refractivity contribution in [1.29, 1.82) is 0 Å². The number of allylic oxidation sites excluding steroid dienone is 1. The average molecular weight is 141 g/mol. The van der Waals surface area contributed by atoms with Gasteiger partial charge in [-0.1, -0.05) is 32.3 Å². The Morgan fingerprint density at radius 1 is 1.80 bits per heavy atom. The smallest absolute Gasteiger partial charge is 0.205 e. The summed E-state index contributed by atoms with van der Waals surface area (Å²) in [6, 6.07) is 0. The third kappa shape index (κ3) is 4.30. The molecular weight excluding hydrogens is 126 g/mol. The predicted octanol–water partition coefficient (Wildman–Crippen LogP) is 2.48. The van der Waals surface area contributed by atoms with Crippen molar-refractivity contribution in [1.82, 2.24) is 0 Å². The van der Waals surface area contributed by atoms with Gasteiger partial charge in [-0.15, -0.1) is 6.58 Å². The Labute approximate surface area is 63.1 Å². The van der Waals surface area contributed by atoms with Crippen LogP contribution in [-0.2, 0) is 4.79 Å². The van der Waals surface area contributed by atoms with Gasteiger partial charge in [0, 0.05) is 5.92 Å². The third-order valence-corrected chi connectivity index (χ3v) is 1.55. The molecule has 1 unspecified atom stereocenters. The molecule has 57 valence electrons. The van der Waals surface area contributed by atoms with Gasteiger partial charge >= 0.3 is 0 Å². The normalized spacial score (nSPS) is 12.5. The molecular formula is C9H15O. The molecule has 0 saturated carbocycles. The maximum atomic E-state index is 10.1. The van der Waals surface area contributed by atoms with Crippen LogP contribution in [0.2, 0.25) is 0 Å². The minimum absolute atomic E-state index is 0.0356. The van der Waals surface area contributed by atoms with E-state index in [1.54, 1.807) is 6.08 Å². The van der Waals surface area contributed by atoms with E-state index in [1.165, 1.54) is 12.8 Å². The highest BCUT2D eigenvalue weighted by atomic mass is 16.1. The zero-order valence-corrected chi connectivity index (χ0v) is 6.60. The standard InChI is InChI=1S/C9H15O/c1-3-5-6-7-9(4-2)8-10/h4,9H,2-3,5-7H2,1H3/i7+2. The van der Waals surface area contributed by atoms with Crippen molar-refractivity contribution >= 4 is 6.29 Å². The summed E-state index contributed by atoms with van der Waals surface area (Å²) in [6.07, 6.45) is 8.04. The van der Waals surface area contributed by atoms with E-state index in [2.05, 4.69) is 13.5 Å². The molecule has 0 fully saturated rings. The fourth-order valence-electron chi connectivity index (χ4n) is 0.839. The van der Waals surface area contributed by atoms with Crippen LogP contribution in [0.25, 0.3) is 0 Å². The molecule has 0 aliphatic heterocycles. The van der Waals surface area contributed by atoms with Gasteiger partial charge in [0.15, 0.2) is 0 Å². The number of unbranched alkanes of at least 4 members (excludes halogenated alkanes) is 2. The topological polar surface area (TPSA) is 17.1 Å². The van der Waals surface area contributed by atoms with E-state index >= 15 is 0 Å². The van der Waals surface area contributed by atoms with Crippen molar-refractivity contribution in [3.63, 3.8) is 0 Å². The number of rotatable bonds is 6. The van der Waals surface area contributed by atoms with Crippen molar-refractivity contribution in [2.24, 2.45) is 5.92 Å². The highest BCUT2D eigenvalue weighted by Gasteiger charge is 2.00. The molecule has 10 heavy (non-hydrogen) atoms. The van der Waals surface area contributed by atoms with Crippen molar-refractivity contribution in [2.75, 3.05) is 0 Å². The van der Waals surface area contributed by atoms with Crippen LogP contribution in [0.1, 0.15) is 32.6 Å². The van der Waals surface area contributed by atoms with Gasteiger partial charge in [-0.05, 0) is 6.42 Å². The first kappa shape index (κ1) is 9.41. The van der Waals surface area contributed by atoms with E-state index in [0.29, 0.717) is 0 Å². The van der Waals surface area contributed by atoms with Crippen LogP contribution >= 0.6 is 0 Å².